The maximum absolute atomic E-state index is 12.5. The quantitative estimate of drug-likeness (QED) is 0.750. The van der Waals surface area contributed by atoms with E-state index in [1.54, 1.807) is 6.92 Å². The maximum Gasteiger partial charge on any atom is 0.416 e. The zero-order valence-electron chi connectivity index (χ0n) is 12.9. The number of halogens is 4. The third-order valence-corrected chi connectivity index (χ3v) is 3.63. The molecule has 0 bridgehead atoms. The molecule has 0 aliphatic heterocycles. The zero-order valence-corrected chi connectivity index (χ0v) is 13.7. The fraction of sp³-hybridized carbons (Fsp3) is 0.176. The van der Waals surface area contributed by atoms with E-state index in [1.807, 2.05) is 0 Å². The van der Waals surface area contributed by atoms with E-state index in [9.17, 15) is 27.9 Å². The number of Topliss-reactive ketones (excluding diaryl/α,β-unsaturated/α-hetero) is 1. The van der Waals surface area contributed by atoms with Crippen molar-refractivity contribution in [3.8, 4) is 5.75 Å². The molecule has 0 heterocycles. The maximum atomic E-state index is 12.5. The molecule has 0 aliphatic carbocycles. The summed E-state index contributed by atoms with van der Waals surface area (Å²) in [5.74, 6) is -1.73. The monoisotopic (exact) mass is 371 g/mol. The molecule has 0 aromatic heterocycles. The summed E-state index contributed by atoms with van der Waals surface area (Å²) < 4.78 is 37.6. The van der Waals surface area contributed by atoms with Crippen molar-refractivity contribution in [1.29, 1.82) is 0 Å². The summed E-state index contributed by atoms with van der Waals surface area (Å²) in [6, 6.07) is 6.22. The van der Waals surface area contributed by atoms with Crippen LogP contribution < -0.4 is 5.32 Å². The Labute approximate surface area is 146 Å². The largest absolute Gasteiger partial charge is 0.506 e. The van der Waals surface area contributed by atoms with Crippen molar-refractivity contribution in [1.82, 2.24) is 0 Å². The van der Waals surface area contributed by atoms with Gasteiger partial charge in [-0.05, 0) is 36.4 Å². The van der Waals surface area contributed by atoms with Crippen LogP contribution in [0.5, 0.6) is 5.75 Å². The van der Waals surface area contributed by atoms with Gasteiger partial charge in [0.05, 0.1) is 16.7 Å². The molecule has 0 radical (unpaired) electrons. The van der Waals surface area contributed by atoms with Crippen molar-refractivity contribution in [3.63, 3.8) is 0 Å². The summed E-state index contributed by atoms with van der Waals surface area (Å²) in [5, 5.41) is 12.6. The second-order valence-electron chi connectivity index (χ2n) is 5.16. The van der Waals surface area contributed by atoms with Crippen molar-refractivity contribution >= 4 is 29.0 Å². The van der Waals surface area contributed by atoms with Crippen LogP contribution in [0.4, 0.5) is 18.9 Å². The molecule has 0 unspecified atom stereocenters. The van der Waals surface area contributed by atoms with E-state index in [4.69, 9.17) is 11.6 Å². The Balaban J connectivity index is 2.29. The first-order valence-corrected chi connectivity index (χ1v) is 7.55. The Morgan fingerprint density at radius 3 is 2.20 bits per heavy atom. The lowest BCUT2D eigenvalue weighted by Crippen LogP contribution is -2.14. The van der Waals surface area contributed by atoms with Gasteiger partial charge in [0.1, 0.15) is 5.75 Å². The van der Waals surface area contributed by atoms with Gasteiger partial charge in [-0.15, -0.1) is 0 Å². The standard InChI is InChI=1S/C17H13ClF3NO3/c1-2-14(23)12-7-10(18)8-13(15(12)24)16(25)22-11-5-3-9(4-6-11)17(19,20)21/h3-8,24H,2H2,1H3,(H,22,25). The van der Waals surface area contributed by atoms with Crippen LogP contribution in [0.25, 0.3) is 0 Å². The molecule has 2 aromatic carbocycles. The number of anilines is 1. The molecular weight excluding hydrogens is 359 g/mol. The summed E-state index contributed by atoms with van der Waals surface area (Å²) >= 11 is 5.87. The highest BCUT2D eigenvalue weighted by Crippen LogP contribution is 2.31. The summed E-state index contributed by atoms with van der Waals surface area (Å²) in [5.41, 5.74) is -1.09. The highest BCUT2D eigenvalue weighted by atomic mass is 35.5. The predicted octanol–water partition coefficient (Wildman–Crippen LogP) is 4.91. The number of alkyl halides is 3. The lowest BCUT2D eigenvalue weighted by Gasteiger charge is -2.11. The first-order chi connectivity index (χ1) is 11.6. The first kappa shape index (κ1) is 18.8. The van der Waals surface area contributed by atoms with E-state index in [0.717, 1.165) is 24.3 Å². The lowest BCUT2D eigenvalue weighted by molar-refractivity contribution is -0.137. The Bertz CT molecular complexity index is 817. The minimum absolute atomic E-state index is 0.0761. The SMILES string of the molecule is CCC(=O)c1cc(Cl)cc(C(=O)Nc2ccc(C(F)(F)F)cc2)c1O. The van der Waals surface area contributed by atoms with Gasteiger partial charge in [0.25, 0.3) is 5.91 Å². The second kappa shape index (κ2) is 7.14. The number of hydrogen-bond acceptors (Lipinski definition) is 3. The average Bonchev–Trinajstić information content (AvgIpc) is 2.55. The molecule has 0 spiro atoms. The number of rotatable bonds is 4. The van der Waals surface area contributed by atoms with Crippen molar-refractivity contribution in [2.45, 2.75) is 19.5 Å². The molecule has 2 N–H and O–H groups in total. The molecule has 0 aliphatic rings. The Morgan fingerprint density at radius 1 is 1.12 bits per heavy atom. The van der Waals surface area contributed by atoms with Gasteiger partial charge in [-0.3, -0.25) is 9.59 Å². The number of ketones is 1. The first-order valence-electron chi connectivity index (χ1n) is 7.17. The van der Waals surface area contributed by atoms with Crippen LogP contribution in [-0.4, -0.2) is 16.8 Å². The van der Waals surface area contributed by atoms with Gasteiger partial charge < -0.3 is 10.4 Å². The highest BCUT2D eigenvalue weighted by Gasteiger charge is 2.30. The van der Waals surface area contributed by atoms with Gasteiger partial charge in [-0.25, -0.2) is 0 Å². The van der Waals surface area contributed by atoms with Crippen LogP contribution in [0, 0.1) is 0 Å². The number of phenolic OH excluding ortho intramolecular Hbond substituents is 1. The summed E-state index contributed by atoms with van der Waals surface area (Å²) in [6.07, 6.45) is -4.38. The van der Waals surface area contributed by atoms with E-state index in [-0.39, 0.29) is 28.3 Å². The van der Waals surface area contributed by atoms with Gasteiger partial charge >= 0.3 is 6.18 Å². The van der Waals surface area contributed by atoms with E-state index >= 15 is 0 Å². The average molecular weight is 372 g/mol. The number of nitrogens with one attached hydrogen (secondary N) is 1. The van der Waals surface area contributed by atoms with E-state index in [1.165, 1.54) is 12.1 Å². The lowest BCUT2D eigenvalue weighted by atomic mass is 10.0. The summed E-state index contributed by atoms with van der Waals surface area (Å²) in [4.78, 5) is 24.1. The van der Waals surface area contributed by atoms with Gasteiger partial charge in [0.15, 0.2) is 5.78 Å². The topological polar surface area (TPSA) is 66.4 Å². The molecule has 25 heavy (non-hydrogen) atoms. The minimum atomic E-state index is -4.48. The molecule has 132 valence electrons. The van der Waals surface area contributed by atoms with Gasteiger partial charge in [-0.2, -0.15) is 13.2 Å². The molecule has 0 saturated carbocycles. The molecule has 2 rings (SSSR count). The molecule has 2 aromatic rings. The fourth-order valence-electron chi connectivity index (χ4n) is 2.12. The molecule has 0 saturated heterocycles. The van der Waals surface area contributed by atoms with Crippen LogP contribution >= 0.6 is 11.6 Å². The van der Waals surface area contributed by atoms with Crippen molar-refractivity contribution in [2.75, 3.05) is 5.32 Å². The molecular formula is C17H13ClF3NO3. The van der Waals surface area contributed by atoms with Crippen LogP contribution in [-0.2, 0) is 6.18 Å². The van der Waals surface area contributed by atoms with Crippen molar-refractivity contribution in [3.05, 3.63) is 58.1 Å². The number of carbonyl (C=O) groups is 2. The van der Waals surface area contributed by atoms with Gasteiger partial charge in [0, 0.05) is 17.1 Å². The third-order valence-electron chi connectivity index (χ3n) is 3.41. The highest BCUT2D eigenvalue weighted by molar-refractivity contribution is 6.31. The van der Waals surface area contributed by atoms with Crippen LogP contribution in [0.3, 0.4) is 0 Å². The minimum Gasteiger partial charge on any atom is -0.506 e. The van der Waals surface area contributed by atoms with Crippen LogP contribution in [0.15, 0.2) is 36.4 Å². The van der Waals surface area contributed by atoms with Crippen molar-refractivity contribution in [2.24, 2.45) is 0 Å². The van der Waals surface area contributed by atoms with Gasteiger partial charge in [-0.1, -0.05) is 18.5 Å². The number of aromatic hydroxyl groups is 1. The molecule has 0 atom stereocenters. The third kappa shape index (κ3) is 4.30. The van der Waals surface area contributed by atoms with Crippen molar-refractivity contribution < 1.29 is 27.9 Å². The predicted molar refractivity (Wildman–Crippen MR) is 87.1 cm³/mol. The van der Waals surface area contributed by atoms with E-state index < -0.39 is 29.2 Å². The van der Waals surface area contributed by atoms with Crippen LogP contribution in [0.2, 0.25) is 5.02 Å². The Hall–Kier alpha value is -2.54. The van der Waals surface area contributed by atoms with Crippen LogP contribution in [0.1, 0.15) is 39.6 Å². The Kier molecular flexibility index (Phi) is 5.37. The van der Waals surface area contributed by atoms with Gasteiger partial charge in [0.2, 0.25) is 0 Å². The normalized spacial score (nSPS) is 11.2. The smallest absolute Gasteiger partial charge is 0.416 e. The number of benzene rings is 2. The Morgan fingerprint density at radius 2 is 1.68 bits per heavy atom. The second-order valence-corrected chi connectivity index (χ2v) is 5.59. The number of hydrogen-bond donors (Lipinski definition) is 2. The number of phenols is 1. The summed E-state index contributed by atoms with van der Waals surface area (Å²) in [7, 11) is 0. The molecule has 0 fully saturated rings. The summed E-state index contributed by atoms with van der Waals surface area (Å²) in [6.45, 7) is 1.59. The fourth-order valence-corrected chi connectivity index (χ4v) is 2.33. The van der Waals surface area contributed by atoms with E-state index in [2.05, 4.69) is 5.32 Å². The van der Waals surface area contributed by atoms with E-state index in [0.29, 0.717) is 0 Å². The zero-order chi connectivity index (χ0) is 18.8. The number of carbonyl (C=O) groups excluding carboxylic acids is 2. The molecule has 8 heteroatoms. The molecule has 1 amide bonds. The number of amides is 1. The molecule has 4 nitrogen and oxygen atoms in total.